The number of hydrogen-bond donors (Lipinski definition) is 2. The zero-order valence-corrected chi connectivity index (χ0v) is 13.3. The van der Waals surface area contributed by atoms with Crippen LogP contribution in [0.25, 0.3) is 0 Å². The van der Waals surface area contributed by atoms with Crippen LogP contribution in [0.3, 0.4) is 0 Å². The fourth-order valence-electron chi connectivity index (χ4n) is 2.70. The van der Waals surface area contributed by atoms with Crippen LogP contribution in [0.5, 0.6) is 0 Å². The quantitative estimate of drug-likeness (QED) is 0.827. The van der Waals surface area contributed by atoms with Gasteiger partial charge in [-0.2, -0.15) is 4.31 Å². The van der Waals surface area contributed by atoms with Crippen LogP contribution < -0.4 is 5.32 Å². The van der Waals surface area contributed by atoms with Gasteiger partial charge in [-0.1, -0.05) is 6.07 Å². The summed E-state index contributed by atoms with van der Waals surface area (Å²) >= 11 is 0. The molecular formula is C15H18N2O5S. The molecule has 2 fully saturated rings. The van der Waals surface area contributed by atoms with Crippen molar-refractivity contribution in [3.63, 3.8) is 0 Å². The van der Waals surface area contributed by atoms with E-state index in [9.17, 15) is 23.1 Å². The van der Waals surface area contributed by atoms with E-state index in [-0.39, 0.29) is 29.0 Å². The first-order valence-corrected chi connectivity index (χ1v) is 8.99. The molecule has 1 aromatic carbocycles. The SMILES string of the molecule is O=C(NC1CC1)c1cccc(S(=O)(=O)N2CCCC2C(=O)O)c1. The Kier molecular flexibility index (Phi) is 4.11. The van der Waals surface area contributed by atoms with E-state index in [2.05, 4.69) is 5.32 Å². The molecule has 1 atom stereocenters. The van der Waals surface area contributed by atoms with Crippen molar-refractivity contribution in [2.45, 2.75) is 42.7 Å². The second-order valence-corrected chi connectivity index (χ2v) is 7.78. The van der Waals surface area contributed by atoms with Crippen molar-refractivity contribution >= 4 is 21.9 Å². The fourth-order valence-corrected chi connectivity index (χ4v) is 4.40. The number of benzene rings is 1. The Hall–Kier alpha value is -1.93. The Labute approximate surface area is 134 Å². The lowest BCUT2D eigenvalue weighted by Gasteiger charge is -2.21. The minimum absolute atomic E-state index is 0.0471. The molecule has 1 saturated carbocycles. The van der Waals surface area contributed by atoms with Gasteiger partial charge in [-0.05, 0) is 43.9 Å². The summed E-state index contributed by atoms with van der Waals surface area (Å²) in [6.45, 7) is 0.178. The van der Waals surface area contributed by atoms with Crippen molar-refractivity contribution in [1.29, 1.82) is 0 Å². The number of carbonyl (C=O) groups is 2. The topological polar surface area (TPSA) is 104 Å². The summed E-state index contributed by atoms with van der Waals surface area (Å²) in [6, 6.07) is 4.89. The summed E-state index contributed by atoms with van der Waals surface area (Å²) in [7, 11) is -3.93. The number of carboxylic acid groups (broad SMARTS) is 1. The Morgan fingerprint density at radius 2 is 1.96 bits per heavy atom. The highest BCUT2D eigenvalue weighted by Gasteiger charge is 2.39. The molecule has 0 aromatic heterocycles. The third-order valence-electron chi connectivity index (χ3n) is 4.10. The van der Waals surface area contributed by atoms with Crippen molar-refractivity contribution in [2.24, 2.45) is 0 Å². The average Bonchev–Trinajstić information content (AvgIpc) is 3.17. The van der Waals surface area contributed by atoms with Crippen molar-refractivity contribution in [3.8, 4) is 0 Å². The molecule has 1 saturated heterocycles. The van der Waals surface area contributed by atoms with Gasteiger partial charge in [0, 0.05) is 18.2 Å². The maximum Gasteiger partial charge on any atom is 0.322 e. The van der Waals surface area contributed by atoms with E-state index in [0.29, 0.717) is 12.8 Å². The highest BCUT2D eigenvalue weighted by Crippen LogP contribution is 2.27. The summed E-state index contributed by atoms with van der Waals surface area (Å²) in [5.74, 6) is -1.45. The molecule has 8 heteroatoms. The second-order valence-electron chi connectivity index (χ2n) is 5.89. The lowest BCUT2D eigenvalue weighted by Crippen LogP contribution is -2.40. The molecule has 7 nitrogen and oxygen atoms in total. The van der Waals surface area contributed by atoms with Gasteiger partial charge in [0.25, 0.3) is 5.91 Å². The van der Waals surface area contributed by atoms with E-state index >= 15 is 0 Å². The van der Waals surface area contributed by atoms with Crippen LogP contribution in [0.1, 0.15) is 36.0 Å². The van der Waals surface area contributed by atoms with Gasteiger partial charge in [0.1, 0.15) is 6.04 Å². The number of aliphatic carboxylic acids is 1. The van der Waals surface area contributed by atoms with Gasteiger partial charge in [0.15, 0.2) is 0 Å². The molecule has 0 spiro atoms. The minimum Gasteiger partial charge on any atom is -0.480 e. The summed E-state index contributed by atoms with van der Waals surface area (Å²) in [6.07, 6.45) is 2.70. The van der Waals surface area contributed by atoms with Gasteiger partial charge < -0.3 is 10.4 Å². The predicted molar refractivity (Wildman–Crippen MR) is 81.5 cm³/mol. The molecule has 3 rings (SSSR count). The molecule has 1 amide bonds. The predicted octanol–water partition coefficient (Wildman–Crippen LogP) is 0.816. The number of carboxylic acids is 1. The smallest absolute Gasteiger partial charge is 0.322 e. The molecule has 2 aliphatic rings. The molecule has 124 valence electrons. The summed E-state index contributed by atoms with van der Waals surface area (Å²) in [4.78, 5) is 23.2. The number of hydrogen-bond acceptors (Lipinski definition) is 4. The van der Waals surface area contributed by atoms with E-state index in [1.807, 2.05) is 0 Å². The molecular weight excluding hydrogens is 320 g/mol. The Balaban J connectivity index is 1.87. The maximum atomic E-state index is 12.7. The average molecular weight is 338 g/mol. The first-order valence-electron chi connectivity index (χ1n) is 7.55. The van der Waals surface area contributed by atoms with E-state index in [1.54, 1.807) is 6.07 Å². The molecule has 2 N–H and O–H groups in total. The van der Waals surface area contributed by atoms with Crippen LogP contribution in [0.15, 0.2) is 29.2 Å². The fraction of sp³-hybridized carbons (Fsp3) is 0.467. The number of carbonyl (C=O) groups excluding carboxylic acids is 1. The minimum atomic E-state index is -3.93. The molecule has 1 aliphatic carbocycles. The van der Waals surface area contributed by atoms with Crippen LogP contribution in [-0.4, -0.2) is 48.3 Å². The zero-order chi connectivity index (χ0) is 16.6. The molecule has 1 aliphatic heterocycles. The highest BCUT2D eigenvalue weighted by molar-refractivity contribution is 7.89. The van der Waals surface area contributed by atoms with E-state index in [1.165, 1.54) is 18.2 Å². The first kappa shape index (κ1) is 15.9. The highest BCUT2D eigenvalue weighted by atomic mass is 32.2. The number of amides is 1. The number of nitrogens with one attached hydrogen (secondary N) is 1. The van der Waals surface area contributed by atoms with Crippen LogP contribution in [0.2, 0.25) is 0 Å². The zero-order valence-electron chi connectivity index (χ0n) is 12.4. The van der Waals surface area contributed by atoms with Gasteiger partial charge in [-0.15, -0.1) is 0 Å². The Bertz CT molecular complexity index is 742. The number of rotatable bonds is 5. The van der Waals surface area contributed by atoms with Crippen molar-refractivity contribution in [1.82, 2.24) is 9.62 Å². The Morgan fingerprint density at radius 1 is 1.22 bits per heavy atom. The van der Waals surface area contributed by atoms with Crippen LogP contribution in [0.4, 0.5) is 0 Å². The number of sulfonamides is 1. The van der Waals surface area contributed by atoms with Crippen molar-refractivity contribution in [2.75, 3.05) is 6.54 Å². The van der Waals surface area contributed by atoms with Gasteiger partial charge in [0.05, 0.1) is 4.90 Å². The Morgan fingerprint density at radius 3 is 2.61 bits per heavy atom. The first-order chi connectivity index (χ1) is 10.9. The van der Waals surface area contributed by atoms with Gasteiger partial charge >= 0.3 is 5.97 Å². The number of nitrogens with zero attached hydrogens (tertiary/aromatic N) is 1. The van der Waals surface area contributed by atoms with E-state index in [0.717, 1.165) is 17.1 Å². The summed E-state index contributed by atoms with van der Waals surface area (Å²) < 4.78 is 26.4. The van der Waals surface area contributed by atoms with Crippen LogP contribution in [-0.2, 0) is 14.8 Å². The van der Waals surface area contributed by atoms with Crippen LogP contribution in [0, 0.1) is 0 Å². The van der Waals surface area contributed by atoms with E-state index < -0.39 is 22.0 Å². The lowest BCUT2D eigenvalue weighted by atomic mass is 10.2. The monoisotopic (exact) mass is 338 g/mol. The third-order valence-corrected chi connectivity index (χ3v) is 6.01. The van der Waals surface area contributed by atoms with Gasteiger partial charge in [-0.25, -0.2) is 8.42 Å². The summed E-state index contributed by atoms with van der Waals surface area (Å²) in [5, 5.41) is 12.0. The normalized spacial score (nSPS) is 22.0. The summed E-state index contributed by atoms with van der Waals surface area (Å²) in [5.41, 5.74) is 0.268. The van der Waals surface area contributed by atoms with Crippen molar-refractivity contribution in [3.05, 3.63) is 29.8 Å². The largest absolute Gasteiger partial charge is 0.480 e. The van der Waals surface area contributed by atoms with Gasteiger partial charge in [-0.3, -0.25) is 9.59 Å². The van der Waals surface area contributed by atoms with Gasteiger partial charge in [0.2, 0.25) is 10.0 Å². The molecule has 0 radical (unpaired) electrons. The molecule has 1 unspecified atom stereocenters. The van der Waals surface area contributed by atoms with Crippen molar-refractivity contribution < 1.29 is 23.1 Å². The second kappa shape index (κ2) is 5.93. The lowest BCUT2D eigenvalue weighted by molar-refractivity contribution is -0.140. The van der Waals surface area contributed by atoms with E-state index in [4.69, 9.17) is 0 Å². The maximum absolute atomic E-state index is 12.7. The third kappa shape index (κ3) is 3.23. The standard InChI is InChI=1S/C15H18N2O5S/c18-14(16-11-6-7-11)10-3-1-4-12(9-10)23(21,22)17-8-2-5-13(17)15(19)20/h1,3-4,9,11,13H,2,5-8H2,(H,16,18)(H,19,20). The molecule has 0 bridgehead atoms. The molecule has 23 heavy (non-hydrogen) atoms. The molecule has 1 heterocycles. The molecule has 1 aromatic rings. The van der Waals surface area contributed by atoms with Crippen LogP contribution >= 0.6 is 0 Å².